The van der Waals surface area contributed by atoms with Gasteiger partial charge in [0.25, 0.3) is 0 Å². The number of thiazole rings is 1. The molecule has 0 bridgehead atoms. The average Bonchev–Trinajstić information content (AvgIpc) is 3.27. The van der Waals surface area contributed by atoms with E-state index in [1.165, 1.54) is 0 Å². The molecule has 2 aromatic rings. The van der Waals surface area contributed by atoms with Crippen molar-refractivity contribution in [1.82, 2.24) is 15.6 Å². The molecule has 2 heterocycles. The molecule has 1 aliphatic heterocycles. The van der Waals surface area contributed by atoms with E-state index >= 15 is 0 Å². The van der Waals surface area contributed by atoms with Crippen molar-refractivity contribution in [2.75, 3.05) is 20.2 Å². The monoisotopic (exact) mass is 458 g/mol. The maximum atomic E-state index is 5.61. The van der Waals surface area contributed by atoms with Gasteiger partial charge in [-0.25, -0.2) is 4.98 Å². The third-order valence-electron chi connectivity index (χ3n) is 3.75. The molecule has 0 amide bonds. The predicted molar refractivity (Wildman–Crippen MR) is 110 cm³/mol. The highest BCUT2D eigenvalue weighted by Crippen LogP contribution is 2.23. The van der Waals surface area contributed by atoms with Crippen molar-refractivity contribution in [2.24, 2.45) is 4.99 Å². The van der Waals surface area contributed by atoms with Gasteiger partial charge in [-0.2, -0.15) is 0 Å². The first-order valence-corrected chi connectivity index (χ1v) is 8.79. The van der Waals surface area contributed by atoms with Gasteiger partial charge in [-0.05, 0) is 12.8 Å². The minimum absolute atomic E-state index is 0. The lowest BCUT2D eigenvalue weighted by molar-refractivity contribution is 0.114. The van der Waals surface area contributed by atoms with Crippen LogP contribution in [-0.2, 0) is 11.3 Å². The molecule has 0 saturated carbocycles. The predicted octanol–water partition coefficient (Wildman–Crippen LogP) is 3.27. The van der Waals surface area contributed by atoms with Crippen molar-refractivity contribution in [2.45, 2.75) is 25.5 Å². The fourth-order valence-corrected chi connectivity index (χ4v) is 3.34. The van der Waals surface area contributed by atoms with Crippen molar-refractivity contribution in [3.05, 3.63) is 41.4 Å². The maximum absolute atomic E-state index is 5.61. The summed E-state index contributed by atoms with van der Waals surface area (Å²) in [5.41, 5.74) is 2.18. The Bertz CT molecular complexity index is 641. The van der Waals surface area contributed by atoms with E-state index in [4.69, 9.17) is 4.74 Å². The van der Waals surface area contributed by atoms with Crippen molar-refractivity contribution >= 4 is 41.3 Å². The highest BCUT2D eigenvalue weighted by molar-refractivity contribution is 14.0. The number of aromatic nitrogens is 1. The second-order valence-electron chi connectivity index (χ2n) is 5.45. The molecule has 0 radical (unpaired) electrons. The molecule has 1 aromatic carbocycles. The Labute approximate surface area is 164 Å². The third-order valence-corrected chi connectivity index (χ3v) is 4.69. The summed E-state index contributed by atoms with van der Waals surface area (Å²) in [5.74, 6) is 0.787. The highest BCUT2D eigenvalue weighted by atomic mass is 127. The summed E-state index contributed by atoms with van der Waals surface area (Å²) in [6.07, 6.45) is 2.58. The van der Waals surface area contributed by atoms with Crippen LogP contribution in [0.5, 0.6) is 0 Å². The van der Waals surface area contributed by atoms with Crippen LogP contribution in [0, 0.1) is 0 Å². The second kappa shape index (κ2) is 9.95. The summed E-state index contributed by atoms with van der Waals surface area (Å²) < 4.78 is 5.61. The SMILES string of the molecule is CN=C(NCc1csc(-c2ccccc2)n1)NCC1CCCO1.I. The van der Waals surface area contributed by atoms with E-state index in [0.29, 0.717) is 12.6 Å². The Hall–Kier alpha value is -1.19. The molecule has 1 unspecified atom stereocenters. The van der Waals surface area contributed by atoms with Gasteiger partial charge in [-0.1, -0.05) is 30.3 Å². The molecule has 24 heavy (non-hydrogen) atoms. The van der Waals surface area contributed by atoms with Gasteiger partial charge >= 0.3 is 0 Å². The van der Waals surface area contributed by atoms with Gasteiger partial charge < -0.3 is 15.4 Å². The second-order valence-corrected chi connectivity index (χ2v) is 6.31. The lowest BCUT2D eigenvalue weighted by Crippen LogP contribution is -2.40. The van der Waals surface area contributed by atoms with Gasteiger partial charge in [0.05, 0.1) is 18.3 Å². The molecule has 130 valence electrons. The quantitative estimate of drug-likeness (QED) is 0.410. The topological polar surface area (TPSA) is 58.5 Å². The van der Waals surface area contributed by atoms with Crippen LogP contribution in [0.25, 0.3) is 10.6 Å². The number of guanidine groups is 1. The molecular formula is C17H23IN4OS. The summed E-state index contributed by atoms with van der Waals surface area (Å²) in [6, 6.07) is 10.2. The molecule has 1 fully saturated rings. The standard InChI is InChI=1S/C17H22N4OS.HI/c1-18-17(20-11-15-8-5-9-22-15)19-10-14-12-23-16(21-14)13-6-3-2-4-7-13;/h2-4,6-7,12,15H,5,8-11H2,1H3,(H2,18,19,20);1H. The third kappa shape index (κ3) is 5.42. The molecule has 2 N–H and O–H groups in total. The zero-order valence-electron chi connectivity index (χ0n) is 13.7. The van der Waals surface area contributed by atoms with E-state index in [2.05, 4.69) is 38.1 Å². The van der Waals surface area contributed by atoms with Gasteiger partial charge in [0.2, 0.25) is 0 Å². The van der Waals surface area contributed by atoms with Gasteiger partial charge in [0.15, 0.2) is 5.96 Å². The zero-order valence-corrected chi connectivity index (χ0v) is 16.8. The average molecular weight is 458 g/mol. The van der Waals surface area contributed by atoms with E-state index < -0.39 is 0 Å². The molecule has 7 heteroatoms. The summed E-state index contributed by atoms with van der Waals surface area (Å²) >= 11 is 1.66. The van der Waals surface area contributed by atoms with Crippen LogP contribution < -0.4 is 10.6 Å². The summed E-state index contributed by atoms with van der Waals surface area (Å²) in [6.45, 7) is 2.33. The van der Waals surface area contributed by atoms with Crippen LogP contribution in [0.1, 0.15) is 18.5 Å². The first-order chi connectivity index (χ1) is 11.3. The number of aliphatic imine (C=N–C) groups is 1. The highest BCUT2D eigenvalue weighted by Gasteiger charge is 2.15. The molecule has 3 rings (SSSR count). The lowest BCUT2D eigenvalue weighted by atomic mass is 10.2. The number of nitrogens with zero attached hydrogens (tertiary/aromatic N) is 2. The largest absolute Gasteiger partial charge is 0.376 e. The Kier molecular flexibility index (Phi) is 7.93. The number of ether oxygens (including phenoxy) is 1. The van der Waals surface area contributed by atoms with Crippen LogP contribution in [0.15, 0.2) is 40.7 Å². The van der Waals surface area contributed by atoms with E-state index in [0.717, 1.165) is 48.2 Å². The molecule has 1 aliphatic rings. The number of rotatable bonds is 5. The van der Waals surface area contributed by atoms with Gasteiger partial charge in [0.1, 0.15) is 5.01 Å². The summed E-state index contributed by atoms with van der Waals surface area (Å²) in [7, 11) is 1.78. The van der Waals surface area contributed by atoms with Crippen LogP contribution in [0.3, 0.4) is 0 Å². The Morgan fingerprint density at radius 1 is 1.33 bits per heavy atom. The maximum Gasteiger partial charge on any atom is 0.191 e. The van der Waals surface area contributed by atoms with Crippen molar-refractivity contribution in [3.8, 4) is 10.6 Å². The summed E-state index contributed by atoms with van der Waals surface area (Å²) in [4.78, 5) is 8.92. The van der Waals surface area contributed by atoms with Gasteiger partial charge in [0, 0.05) is 31.1 Å². The minimum Gasteiger partial charge on any atom is -0.376 e. The number of hydrogen-bond acceptors (Lipinski definition) is 4. The van der Waals surface area contributed by atoms with E-state index in [1.54, 1.807) is 18.4 Å². The first-order valence-electron chi connectivity index (χ1n) is 7.91. The van der Waals surface area contributed by atoms with Gasteiger partial charge in [-0.15, -0.1) is 35.3 Å². The number of halogens is 1. The molecule has 1 saturated heterocycles. The Morgan fingerprint density at radius 3 is 2.88 bits per heavy atom. The van der Waals surface area contributed by atoms with Crippen LogP contribution >= 0.6 is 35.3 Å². The van der Waals surface area contributed by atoms with E-state index in [9.17, 15) is 0 Å². The molecule has 0 aliphatic carbocycles. The first kappa shape index (κ1) is 19.1. The fraction of sp³-hybridized carbons (Fsp3) is 0.412. The number of nitrogens with one attached hydrogen (secondary N) is 2. The zero-order chi connectivity index (χ0) is 15.9. The van der Waals surface area contributed by atoms with E-state index in [1.807, 2.05) is 18.2 Å². The van der Waals surface area contributed by atoms with Crippen LogP contribution in [0.2, 0.25) is 0 Å². The molecule has 1 atom stereocenters. The van der Waals surface area contributed by atoms with Crippen molar-refractivity contribution in [1.29, 1.82) is 0 Å². The fourth-order valence-electron chi connectivity index (χ4n) is 2.51. The molecule has 0 spiro atoms. The molecule has 5 nitrogen and oxygen atoms in total. The molecule has 1 aromatic heterocycles. The lowest BCUT2D eigenvalue weighted by Gasteiger charge is -2.14. The van der Waals surface area contributed by atoms with Crippen molar-refractivity contribution < 1.29 is 4.74 Å². The Balaban J connectivity index is 0.00000208. The Morgan fingerprint density at radius 2 is 2.17 bits per heavy atom. The van der Waals surface area contributed by atoms with E-state index in [-0.39, 0.29) is 24.0 Å². The summed E-state index contributed by atoms with van der Waals surface area (Å²) in [5, 5.41) is 9.74. The normalized spacial score (nSPS) is 17.4. The number of benzene rings is 1. The van der Waals surface area contributed by atoms with Crippen LogP contribution in [0.4, 0.5) is 0 Å². The molecular weight excluding hydrogens is 435 g/mol. The minimum atomic E-state index is 0. The number of hydrogen-bond donors (Lipinski definition) is 2. The smallest absolute Gasteiger partial charge is 0.191 e. The van der Waals surface area contributed by atoms with Crippen molar-refractivity contribution in [3.63, 3.8) is 0 Å². The van der Waals surface area contributed by atoms with Gasteiger partial charge in [-0.3, -0.25) is 4.99 Å². The van der Waals surface area contributed by atoms with Crippen LogP contribution in [-0.4, -0.2) is 37.2 Å².